The molecule has 0 spiro atoms. The second-order valence-corrected chi connectivity index (χ2v) is 7.98. The zero-order valence-corrected chi connectivity index (χ0v) is 17.3. The zero-order chi connectivity index (χ0) is 21.9. The fraction of sp³-hybridized carbons (Fsp3) is 0.200. The summed E-state index contributed by atoms with van der Waals surface area (Å²) >= 11 is 1.30. The van der Waals surface area contributed by atoms with E-state index in [4.69, 9.17) is 4.74 Å². The fourth-order valence-electron chi connectivity index (χ4n) is 3.67. The van der Waals surface area contributed by atoms with Crippen LogP contribution in [-0.4, -0.2) is 47.9 Å². The van der Waals surface area contributed by atoms with Crippen LogP contribution in [-0.2, 0) is 23.2 Å². The maximum Gasteiger partial charge on any atom is 0.329 e. The van der Waals surface area contributed by atoms with Gasteiger partial charge in [-0.2, -0.15) is 0 Å². The molecule has 0 saturated carbocycles. The predicted molar refractivity (Wildman–Crippen MR) is 110 cm³/mol. The number of aromatic nitrogens is 4. The lowest BCUT2D eigenvalue weighted by atomic mass is 10.1. The Morgan fingerprint density at radius 3 is 2.45 bits per heavy atom. The summed E-state index contributed by atoms with van der Waals surface area (Å²) in [5.74, 6) is -1.19. The van der Waals surface area contributed by atoms with Gasteiger partial charge in [-0.25, -0.2) is 4.79 Å². The lowest BCUT2D eigenvalue weighted by Crippen LogP contribution is -2.43. The van der Waals surface area contributed by atoms with E-state index in [1.807, 2.05) is 0 Å². The molecule has 0 radical (unpaired) electrons. The molecule has 11 heteroatoms. The summed E-state index contributed by atoms with van der Waals surface area (Å²) < 4.78 is 8.92. The number of imide groups is 1. The number of amides is 2. The number of carbonyl (C=O) groups is 3. The molecule has 4 aromatic rings. The fourth-order valence-corrected chi connectivity index (χ4v) is 4.52. The van der Waals surface area contributed by atoms with Crippen LogP contribution in [0.25, 0.3) is 16.0 Å². The molecule has 1 aromatic carbocycles. The number of rotatable bonds is 4. The molecule has 31 heavy (non-hydrogen) atoms. The number of benzene rings is 1. The number of aryl methyl sites for hydroxylation is 1. The van der Waals surface area contributed by atoms with Crippen LogP contribution < -0.4 is 5.56 Å². The second-order valence-electron chi connectivity index (χ2n) is 7.06. The molecule has 0 N–H and O–H groups in total. The molecule has 10 nitrogen and oxygen atoms in total. The summed E-state index contributed by atoms with van der Waals surface area (Å²) in [4.78, 5) is 51.1. The van der Waals surface area contributed by atoms with Crippen LogP contribution in [0.2, 0.25) is 0 Å². The third-order valence-corrected chi connectivity index (χ3v) is 6.19. The number of fused-ring (bicyclic) bond motifs is 4. The maximum atomic E-state index is 12.7. The minimum absolute atomic E-state index is 0.187. The summed E-state index contributed by atoms with van der Waals surface area (Å²) in [6.45, 7) is 1.20. The molecule has 0 fully saturated rings. The molecular formula is C20H15N5O5S. The van der Waals surface area contributed by atoms with E-state index in [9.17, 15) is 19.2 Å². The molecule has 1 atom stereocenters. The van der Waals surface area contributed by atoms with E-state index in [0.717, 1.165) is 4.90 Å². The largest absolute Gasteiger partial charge is 0.456 e. The summed E-state index contributed by atoms with van der Waals surface area (Å²) in [5, 5.41) is 9.87. The molecule has 1 aliphatic rings. The molecule has 0 saturated heterocycles. The van der Waals surface area contributed by atoms with Gasteiger partial charge < -0.3 is 4.74 Å². The molecule has 1 unspecified atom stereocenters. The van der Waals surface area contributed by atoms with Crippen LogP contribution in [0.3, 0.4) is 0 Å². The first-order chi connectivity index (χ1) is 14.9. The van der Waals surface area contributed by atoms with Crippen LogP contribution in [0, 0.1) is 0 Å². The molecule has 2 amide bonds. The van der Waals surface area contributed by atoms with Crippen molar-refractivity contribution in [1.29, 1.82) is 0 Å². The van der Waals surface area contributed by atoms with Gasteiger partial charge in [0.25, 0.3) is 17.4 Å². The molecule has 0 bridgehead atoms. The molecular weight excluding hydrogens is 422 g/mol. The van der Waals surface area contributed by atoms with Crippen molar-refractivity contribution in [2.24, 2.45) is 7.05 Å². The van der Waals surface area contributed by atoms with Crippen LogP contribution >= 0.6 is 11.3 Å². The number of ether oxygens (including phenoxy) is 1. The molecule has 3 aromatic heterocycles. The predicted octanol–water partition coefficient (Wildman–Crippen LogP) is 1.37. The van der Waals surface area contributed by atoms with Crippen molar-refractivity contribution in [2.75, 3.05) is 0 Å². The molecule has 1 aliphatic heterocycles. The Labute approximate surface area is 178 Å². The third-order valence-electron chi connectivity index (χ3n) is 5.29. The average molecular weight is 437 g/mol. The number of thiophene rings is 1. The maximum absolute atomic E-state index is 12.7. The summed E-state index contributed by atoms with van der Waals surface area (Å²) in [6, 6.07) is 7.07. The minimum Gasteiger partial charge on any atom is -0.456 e. The Hall–Kier alpha value is -3.86. The van der Waals surface area contributed by atoms with E-state index in [1.54, 1.807) is 47.2 Å². The van der Waals surface area contributed by atoms with Gasteiger partial charge >= 0.3 is 5.97 Å². The van der Waals surface area contributed by atoms with Gasteiger partial charge in [0.15, 0.2) is 12.4 Å². The quantitative estimate of drug-likeness (QED) is 0.350. The van der Waals surface area contributed by atoms with E-state index >= 15 is 0 Å². The summed E-state index contributed by atoms with van der Waals surface area (Å²) in [5.41, 5.74) is 0.952. The van der Waals surface area contributed by atoms with Crippen LogP contribution in [0.15, 0.2) is 40.5 Å². The van der Waals surface area contributed by atoms with E-state index in [2.05, 4.69) is 10.2 Å². The van der Waals surface area contributed by atoms with Gasteiger partial charge in [0.1, 0.15) is 10.7 Å². The topological polar surface area (TPSA) is 116 Å². The Balaban J connectivity index is 1.40. The highest BCUT2D eigenvalue weighted by Gasteiger charge is 2.41. The van der Waals surface area contributed by atoms with Crippen molar-refractivity contribution in [2.45, 2.75) is 19.6 Å². The van der Waals surface area contributed by atoms with E-state index < -0.39 is 23.8 Å². The number of hydrogen-bond acceptors (Lipinski definition) is 8. The first kappa shape index (κ1) is 19.1. The Morgan fingerprint density at radius 1 is 1.10 bits per heavy atom. The molecule has 0 aliphatic carbocycles. The van der Waals surface area contributed by atoms with E-state index in [0.29, 0.717) is 21.8 Å². The zero-order valence-electron chi connectivity index (χ0n) is 16.4. The standard InChI is InChI=1S/C20H15N5O5S/c1-10(24-16(26)11-5-3-4-6-12(11)17(24)27)19(29)30-9-14-21-22-20-23(2)18(28)15-13(25(14)20)7-8-31-15/h3-8,10H,9H2,1-2H3. The Bertz CT molecular complexity index is 1430. The SMILES string of the molecule is CC(C(=O)OCc1nnc2n(C)c(=O)c3sccc3n12)N1C(=O)c2ccccc2C1=O. The minimum atomic E-state index is -1.11. The summed E-state index contributed by atoms with van der Waals surface area (Å²) in [6.07, 6.45) is 0. The molecule has 4 heterocycles. The first-order valence-electron chi connectivity index (χ1n) is 9.34. The summed E-state index contributed by atoms with van der Waals surface area (Å²) in [7, 11) is 1.59. The van der Waals surface area contributed by atoms with Gasteiger partial charge in [0.05, 0.1) is 16.6 Å². The number of nitrogens with zero attached hydrogens (tertiary/aromatic N) is 5. The van der Waals surface area contributed by atoms with Crippen molar-refractivity contribution < 1.29 is 19.1 Å². The highest BCUT2D eigenvalue weighted by atomic mass is 32.1. The van der Waals surface area contributed by atoms with Gasteiger partial charge in [-0.1, -0.05) is 12.1 Å². The third kappa shape index (κ3) is 2.70. The van der Waals surface area contributed by atoms with Crippen molar-refractivity contribution in [1.82, 2.24) is 24.1 Å². The average Bonchev–Trinajstić information content (AvgIpc) is 3.47. The lowest BCUT2D eigenvalue weighted by molar-refractivity contribution is -0.149. The number of hydrogen-bond donors (Lipinski definition) is 0. The van der Waals surface area contributed by atoms with Crippen molar-refractivity contribution in [3.8, 4) is 0 Å². The normalized spacial score (nSPS) is 14.5. The number of esters is 1. The van der Waals surface area contributed by atoms with Gasteiger partial charge in [0.2, 0.25) is 5.78 Å². The van der Waals surface area contributed by atoms with Crippen LogP contribution in [0.1, 0.15) is 33.5 Å². The van der Waals surface area contributed by atoms with Gasteiger partial charge in [-0.15, -0.1) is 21.5 Å². The van der Waals surface area contributed by atoms with Crippen molar-refractivity contribution >= 4 is 45.1 Å². The molecule has 156 valence electrons. The van der Waals surface area contributed by atoms with Gasteiger partial charge in [0, 0.05) is 7.05 Å². The van der Waals surface area contributed by atoms with Crippen LogP contribution in [0.5, 0.6) is 0 Å². The van der Waals surface area contributed by atoms with Crippen LogP contribution in [0.4, 0.5) is 0 Å². The van der Waals surface area contributed by atoms with Gasteiger partial charge in [-0.05, 0) is 30.5 Å². The number of carbonyl (C=O) groups excluding carboxylic acids is 3. The Morgan fingerprint density at radius 2 is 1.77 bits per heavy atom. The van der Waals surface area contributed by atoms with Crippen molar-refractivity contribution in [3.63, 3.8) is 0 Å². The molecule has 5 rings (SSSR count). The van der Waals surface area contributed by atoms with Crippen molar-refractivity contribution in [3.05, 3.63) is 63.0 Å². The smallest absolute Gasteiger partial charge is 0.329 e. The monoisotopic (exact) mass is 437 g/mol. The second kappa shape index (κ2) is 6.84. The lowest BCUT2D eigenvalue weighted by Gasteiger charge is -2.20. The van der Waals surface area contributed by atoms with Gasteiger partial charge in [-0.3, -0.25) is 28.3 Å². The van der Waals surface area contributed by atoms with E-state index in [1.165, 1.54) is 22.8 Å². The highest BCUT2D eigenvalue weighted by molar-refractivity contribution is 7.17. The Kier molecular flexibility index (Phi) is 4.22. The first-order valence-corrected chi connectivity index (χ1v) is 10.2. The highest BCUT2D eigenvalue weighted by Crippen LogP contribution is 2.25. The van der Waals surface area contributed by atoms with E-state index in [-0.39, 0.29) is 23.3 Å².